The minimum atomic E-state index is -0.396. The molecule has 0 saturated heterocycles. The average Bonchev–Trinajstić information content (AvgIpc) is 2.65. The van der Waals surface area contributed by atoms with Crippen LogP contribution in [0.15, 0.2) is 46.4 Å². The van der Waals surface area contributed by atoms with E-state index in [0.717, 1.165) is 0 Å². The monoisotopic (exact) mass is 432 g/mol. The lowest BCUT2D eigenvalue weighted by Gasteiger charge is -2.14. The molecular formula is C20H18BrFN2O3. The van der Waals surface area contributed by atoms with Gasteiger partial charge in [-0.05, 0) is 45.8 Å². The Morgan fingerprint density at radius 1 is 1.33 bits per heavy atom. The molecule has 2 aromatic rings. The first-order chi connectivity index (χ1) is 12.9. The number of carbonyl (C=O) groups excluding carboxylic acids is 1. The fourth-order valence-corrected chi connectivity index (χ4v) is 2.85. The number of ether oxygens (including phenoxy) is 2. The van der Waals surface area contributed by atoms with Crippen LogP contribution in [-0.2, 0) is 11.4 Å². The number of amides is 1. The molecule has 0 aliphatic rings. The van der Waals surface area contributed by atoms with Crippen LogP contribution >= 0.6 is 15.9 Å². The standard InChI is InChI=1S/C20H18BrFN2O3/c1-24(2)20(25)15(11-23)8-13-9-16(21)19(18(10-13)26-3)27-12-14-6-4-5-7-17(14)22/h4-10H,12H2,1-3H3. The van der Waals surface area contributed by atoms with Gasteiger partial charge in [-0.2, -0.15) is 5.26 Å². The van der Waals surface area contributed by atoms with Crippen LogP contribution in [0.25, 0.3) is 6.08 Å². The molecule has 0 saturated carbocycles. The van der Waals surface area contributed by atoms with E-state index in [4.69, 9.17) is 9.47 Å². The van der Waals surface area contributed by atoms with Gasteiger partial charge in [0.1, 0.15) is 24.1 Å². The van der Waals surface area contributed by atoms with E-state index in [2.05, 4.69) is 15.9 Å². The second-order valence-electron chi connectivity index (χ2n) is 5.78. The second-order valence-corrected chi connectivity index (χ2v) is 6.64. The van der Waals surface area contributed by atoms with Crippen molar-refractivity contribution >= 4 is 27.9 Å². The van der Waals surface area contributed by atoms with Gasteiger partial charge in [0, 0.05) is 19.7 Å². The predicted octanol–water partition coefficient (Wildman–Crippen LogP) is 4.17. The van der Waals surface area contributed by atoms with Crippen LogP contribution in [0.3, 0.4) is 0 Å². The molecule has 7 heteroatoms. The number of rotatable bonds is 6. The van der Waals surface area contributed by atoms with Crippen molar-refractivity contribution in [3.8, 4) is 17.6 Å². The normalized spacial score (nSPS) is 10.9. The summed E-state index contributed by atoms with van der Waals surface area (Å²) in [6.45, 7) is 0.0272. The van der Waals surface area contributed by atoms with Gasteiger partial charge in [0.15, 0.2) is 11.5 Å². The number of hydrogen-bond acceptors (Lipinski definition) is 4. The molecule has 27 heavy (non-hydrogen) atoms. The smallest absolute Gasteiger partial charge is 0.264 e. The number of methoxy groups -OCH3 is 1. The molecule has 0 bridgehead atoms. The highest BCUT2D eigenvalue weighted by molar-refractivity contribution is 9.10. The highest BCUT2D eigenvalue weighted by Gasteiger charge is 2.15. The van der Waals surface area contributed by atoms with E-state index >= 15 is 0 Å². The zero-order valence-electron chi connectivity index (χ0n) is 15.1. The summed E-state index contributed by atoms with van der Waals surface area (Å²) < 4.78 is 25.4. The molecule has 0 unspecified atom stereocenters. The van der Waals surface area contributed by atoms with E-state index in [1.807, 2.05) is 6.07 Å². The van der Waals surface area contributed by atoms with Crippen molar-refractivity contribution in [3.63, 3.8) is 0 Å². The molecule has 0 N–H and O–H groups in total. The molecule has 0 aliphatic heterocycles. The number of carbonyl (C=O) groups is 1. The average molecular weight is 433 g/mol. The molecule has 1 amide bonds. The molecule has 0 radical (unpaired) electrons. The lowest BCUT2D eigenvalue weighted by Crippen LogP contribution is -2.22. The third kappa shape index (κ3) is 5.08. The van der Waals surface area contributed by atoms with E-state index in [-0.39, 0.29) is 18.0 Å². The fraction of sp³-hybridized carbons (Fsp3) is 0.200. The molecule has 2 rings (SSSR count). The maximum Gasteiger partial charge on any atom is 0.264 e. The SMILES string of the molecule is COc1cc(C=C(C#N)C(=O)N(C)C)cc(Br)c1OCc1ccccc1F. The van der Waals surface area contributed by atoms with Gasteiger partial charge >= 0.3 is 0 Å². The molecule has 5 nitrogen and oxygen atoms in total. The Hall–Kier alpha value is -2.85. The summed E-state index contributed by atoms with van der Waals surface area (Å²) in [6, 6.07) is 11.6. The summed E-state index contributed by atoms with van der Waals surface area (Å²) in [6.07, 6.45) is 1.47. The summed E-state index contributed by atoms with van der Waals surface area (Å²) in [5.41, 5.74) is 0.997. The van der Waals surface area contributed by atoms with E-state index in [0.29, 0.717) is 27.1 Å². The highest BCUT2D eigenvalue weighted by Crippen LogP contribution is 2.38. The van der Waals surface area contributed by atoms with Crippen LogP contribution in [0.2, 0.25) is 0 Å². The van der Waals surface area contributed by atoms with E-state index in [9.17, 15) is 14.4 Å². The highest BCUT2D eigenvalue weighted by atomic mass is 79.9. The Morgan fingerprint density at radius 3 is 2.63 bits per heavy atom. The van der Waals surface area contributed by atoms with Crippen LogP contribution in [-0.4, -0.2) is 32.0 Å². The first-order valence-corrected chi connectivity index (χ1v) is 8.73. The summed E-state index contributed by atoms with van der Waals surface area (Å²) >= 11 is 3.40. The molecule has 0 aromatic heterocycles. The molecule has 0 fully saturated rings. The third-order valence-corrected chi connectivity index (χ3v) is 4.24. The Balaban J connectivity index is 2.33. The van der Waals surface area contributed by atoms with Gasteiger partial charge in [0.05, 0.1) is 11.6 Å². The number of halogens is 2. The van der Waals surface area contributed by atoms with Crippen molar-refractivity contribution < 1.29 is 18.7 Å². The van der Waals surface area contributed by atoms with Crippen molar-refractivity contribution in [2.45, 2.75) is 6.61 Å². The Labute approximate surface area is 165 Å². The van der Waals surface area contributed by atoms with E-state index in [1.54, 1.807) is 44.4 Å². The van der Waals surface area contributed by atoms with Crippen molar-refractivity contribution in [2.24, 2.45) is 0 Å². The van der Waals surface area contributed by atoms with Crippen LogP contribution in [0, 0.1) is 17.1 Å². The van der Waals surface area contributed by atoms with Gasteiger partial charge in [-0.1, -0.05) is 18.2 Å². The van der Waals surface area contributed by atoms with Gasteiger partial charge in [0.25, 0.3) is 5.91 Å². The molecule has 0 heterocycles. The zero-order chi connectivity index (χ0) is 20.0. The Kier molecular flexibility index (Phi) is 6.97. The van der Waals surface area contributed by atoms with Gasteiger partial charge in [-0.25, -0.2) is 4.39 Å². The lowest BCUT2D eigenvalue weighted by atomic mass is 10.1. The van der Waals surface area contributed by atoms with Crippen molar-refractivity contribution in [3.05, 3.63) is 63.4 Å². The molecule has 2 aromatic carbocycles. The lowest BCUT2D eigenvalue weighted by molar-refractivity contribution is -0.124. The molecule has 140 valence electrons. The number of likely N-dealkylation sites (N-methyl/N-ethyl adjacent to an activating group) is 1. The Bertz CT molecular complexity index is 920. The summed E-state index contributed by atoms with van der Waals surface area (Å²) in [7, 11) is 4.62. The van der Waals surface area contributed by atoms with Gasteiger partial charge in [-0.15, -0.1) is 0 Å². The first kappa shape index (κ1) is 20.5. The van der Waals surface area contributed by atoms with Crippen molar-refractivity contribution in [2.75, 3.05) is 21.2 Å². The molecule has 0 spiro atoms. The number of nitriles is 1. The summed E-state index contributed by atoms with van der Waals surface area (Å²) in [5, 5.41) is 9.22. The number of hydrogen-bond donors (Lipinski definition) is 0. The second kappa shape index (κ2) is 9.19. The molecule has 0 aliphatic carbocycles. The molecule has 0 atom stereocenters. The van der Waals surface area contributed by atoms with E-state index < -0.39 is 5.91 Å². The maximum absolute atomic E-state index is 13.8. The first-order valence-electron chi connectivity index (χ1n) is 7.94. The minimum Gasteiger partial charge on any atom is -0.493 e. The Morgan fingerprint density at radius 2 is 2.04 bits per heavy atom. The fourth-order valence-electron chi connectivity index (χ4n) is 2.28. The van der Waals surface area contributed by atoms with Crippen molar-refractivity contribution in [1.29, 1.82) is 5.26 Å². The summed E-state index contributed by atoms with van der Waals surface area (Å²) in [4.78, 5) is 13.3. The summed E-state index contributed by atoms with van der Waals surface area (Å²) in [5.74, 6) is 0.0392. The van der Waals surface area contributed by atoms with Crippen LogP contribution < -0.4 is 9.47 Å². The number of nitrogens with zero attached hydrogens (tertiary/aromatic N) is 2. The van der Waals surface area contributed by atoms with Gasteiger partial charge < -0.3 is 14.4 Å². The topological polar surface area (TPSA) is 62.6 Å². The van der Waals surface area contributed by atoms with Crippen LogP contribution in [0.1, 0.15) is 11.1 Å². The van der Waals surface area contributed by atoms with Crippen molar-refractivity contribution in [1.82, 2.24) is 4.90 Å². The third-order valence-electron chi connectivity index (χ3n) is 3.65. The van der Waals surface area contributed by atoms with Crippen LogP contribution in [0.4, 0.5) is 4.39 Å². The quantitative estimate of drug-likeness (QED) is 0.507. The van der Waals surface area contributed by atoms with Crippen LogP contribution in [0.5, 0.6) is 11.5 Å². The molecular weight excluding hydrogens is 415 g/mol. The minimum absolute atomic E-state index is 0.00558. The zero-order valence-corrected chi connectivity index (χ0v) is 16.7. The largest absolute Gasteiger partial charge is 0.493 e. The van der Waals surface area contributed by atoms with E-state index in [1.165, 1.54) is 24.2 Å². The van der Waals surface area contributed by atoms with Gasteiger partial charge in [-0.3, -0.25) is 4.79 Å². The predicted molar refractivity (Wildman–Crippen MR) is 104 cm³/mol. The number of benzene rings is 2. The maximum atomic E-state index is 13.8. The van der Waals surface area contributed by atoms with Gasteiger partial charge in [0.2, 0.25) is 0 Å².